The number of ether oxygens (including phenoxy) is 1. The highest BCUT2D eigenvalue weighted by Gasteiger charge is 2.31. The highest BCUT2D eigenvalue weighted by Crippen LogP contribution is 2.23. The van der Waals surface area contributed by atoms with E-state index in [2.05, 4.69) is 4.98 Å². The Labute approximate surface area is 161 Å². The first-order valence-electron chi connectivity index (χ1n) is 8.89. The van der Waals surface area contributed by atoms with Crippen LogP contribution in [0.15, 0.2) is 59.4 Å². The van der Waals surface area contributed by atoms with E-state index in [0.717, 1.165) is 22.2 Å². The number of benzene rings is 2. The summed E-state index contributed by atoms with van der Waals surface area (Å²) in [4.78, 5) is 28.2. The zero-order chi connectivity index (χ0) is 18.8. The fraction of sp³-hybridized carbons (Fsp3) is 0.238. The number of nitrogens with zero attached hydrogens (tertiary/aromatic N) is 1. The maximum absolute atomic E-state index is 12.3. The minimum atomic E-state index is -0.122. The van der Waals surface area contributed by atoms with Crippen LogP contribution >= 0.6 is 11.6 Å². The van der Waals surface area contributed by atoms with Gasteiger partial charge in [-0.15, -0.1) is 0 Å². The summed E-state index contributed by atoms with van der Waals surface area (Å²) in [6, 6.07) is 16.4. The summed E-state index contributed by atoms with van der Waals surface area (Å²) in [7, 11) is 0. The van der Waals surface area contributed by atoms with E-state index in [1.165, 1.54) is 6.07 Å². The first kappa shape index (κ1) is 17.6. The van der Waals surface area contributed by atoms with E-state index in [4.69, 9.17) is 16.3 Å². The van der Waals surface area contributed by atoms with E-state index in [1.807, 2.05) is 47.4 Å². The highest BCUT2D eigenvalue weighted by molar-refractivity contribution is 6.30. The van der Waals surface area contributed by atoms with Crippen LogP contribution in [0.2, 0.25) is 5.02 Å². The number of pyridine rings is 1. The molecule has 0 aliphatic carbocycles. The number of fused-ring (bicyclic) bond motifs is 1. The zero-order valence-electron chi connectivity index (χ0n) is 14.7. The molecule has 6 heteroatoms. The van der Waals surface area contributed by atoms with Crippen molar-refractivity contribution in [2.45, 2.75) is 18.9 Å². The molecule has 27 heavy (non-hydrogen) atoms. The van der Waals surface area contributed by atoms with Gasteiger partial charge in [-0.2, -0.15) is 0 Å². The molecule has 5 nitrogen and oxygen atoms in total. The molecule has 0 spiro atoms. The van der Waals surface area contributed by atoms with Gasteiger partial charge in [-0.3, -0.25) is 9.59 Å². The molecule has 3 aromatic rings. The van der Waals surface area contributed by atoms with Crippen molar-refractivity contribution in [2.24, 2.45) is 0 Å². The zero-order valence-corrected chi connectivity index (χ0v) is 15.4. The van der Waals surface area contributed by atoms with Gasteiger partial charge in [0.1, 0.15) is 11.9 Å². The molecular weight excluding hydrogens is 364 g/mol. The number of carbonyl (C=O) groups is 1. The Kier molecular flexibility index (Phi) is 4.86. The van der Waals surface area contributed by atoms with Gasteiger partial charge >= 0.3 is 0 Å². The summed E-state index contributed by atoms with van der Waals surface area (Å²) < 4.78 is 5.94. The van der Waals surface area contributed by atoms with Crippen LogP contribution in [0.1, 0.15) is 12.0 Å². The topological polar surface area (TPSA) is 62.4 Å². The number of nitrogens with one attached hydrogen (secondary N) is 1. The predicted molar refractivity (Wildman–Crippen MR) is 105 cm³/mol. The van der Waals surface area contributed by atoms with Crippen LogP contribution in [0.4, 0.5) is 0 Å². The van der Waals surface area contributed by atoms with E-state index in [0.29, 0.717) is 31.0 Å². The van der Waals surface area contributed by atoms with E-state index in [1.54, 1.807) is 6.07 Å². The third-order valence-corrected chi connectivity index (χ3v) is 4.99. The number of aryl methyl sites for hydroxylation is 1. The standard InChI is InChI=1S/C21H19ClN2O3/c22-16-5-1-14(2-6-16)3-10-21(26)24-12-18(13-24)27-17-7-8-19-15(11-17)4-9-20(25)23-19/h1-2,4-9,11,18H,3,10,12-13H2,(H,23,25). The quantitative estimate of drug-likeness (QED) is 0.735. The van der Waals surface area contributed by atoms with Crippen molar-refractivity contribution in [3.63, 3.8) is 0 Å². The normalized spacial score (nSPS) is 14.2. The van der Waals surface area contributed by atoms with Crippen LogP contribution < -0.4 is 10.3 Å². The number of hydrogen-bond donors (Lipinski definition) is 1. The van der Waals surface area contributed by atoms with Crippen LogP contribution in [0.25, 0.3) is 10.9 Å². The van der Waals surface area contributed by atoms with Crippen LogP contribution in [-0.2, 0) is 11.2 Å². The molecular formula is C21H19ClN2O3. The third kappa shape index (κ3) is 4.14. The second-order valence-corrected chi connectivity index (χ2v) is 7.17. The third-order valence-electron chi connectivity index (χ3n) is 4.74. The summed E-state index contributed by atoms with van der Waals surface area (Å²) >= 11 is 5.87. The fourth-order valence-corrected chi connectivity index (χ4v) is 3.30. The number of carbonyl (C=O) groups excluding carboxylic acids is 1. The molecule has 0 atom stereocenters. The van der Waals surface area contributed by atoms with Gasteiger partial charge in [0.15, 0.2) is 0 Å². The number of H-pyrrole nitrogens is 1. The van der Waals surface area contributed by atoms with Gasteiger partial charge in [0, 0.05) is 28.4 Å². The van der Waals surface area contributed by atoms with Crippen LogP contribution in [0, 0.1) is 0 Å². The smallest absolute Gasteiger partial charge is 0.248 e. The molecule has 1 N–H and O–H groups in total. The van der Waals surface area contributed by atoms with Gasteiger partial charge in [0.05, 0.1) is 13.1 Å². The maximum Gasteiger partial charge on any atom is 0.248 e. The summed E-state index contributed by atoms with van der Waals surface area (Å²) in [6.45, 7) is 1.20. The number of hydrogen-bond acceptors (Lipinski definition) is 3. The summed E-state index contributed by atoms with van der Waals surface area (Å²) in [5.41, 5.74) is 1.76. The molecule has 0 radical (unpaired) electrons. The van der Waals surface area contributed by atoms with Crippen LogP contribution in [0.3, 0.4) is 0 Å². The van der Waals surface area contributed by atoms with Gasteiger partial charge in [-0.05, 0) is 48.4 Å². The molecule has 1 amide bonds. The number of halogens is 1. The summed E-state index contributed by atoms with van der Waals surface area (Å²) in [6.07, 6.45) is 1.20. The Morgan fingerprint density at radius 3 is 2.67 bits per heavy atom. The monoisotopic (exact) mass is 382 g/mol. The summed E-state index contributed by atoms with van der Waals surface area (Å²) in [5, 5.41) is 1.62. The molecule has 2 aromatic carbocycles. The lowest BCUT2D eigenvalue weighted by molar-refractivity contribution is -0.139. The maximum atomic E-state index is 12.3. The number of aromatic nitrogens is 1. The van der Waals surface area contributed by atoms with Crippen molar-refractivity contribution in [2.75, 3.05) is 13.1 Å². The molecule has 0 bridgehead atoms. The Hall–Kier alpha value is -2.79. The molecule has 0 unspecified atom stereocenters. The molecule has 2 heterocycles. The average Bonchev–Trinajstić information content (AvgIpc) is 2.63. The SMILES string of the molecule is O=C(CCc1ccc(Cl)cc1)N1CC(Oc2ccc3[nH]c(=O)ccc3c2)C1. The van der Waals surface area contributed by atoms with Crippen molar-refractivity contribution < 1.29 is 9.53 Å². The Morgan fingerprint density at radius 2 is 1.89 bits per heavy atom. The summed E-state index contributed by atoms with van der Waals surface area (Å²) in [5.74, 6) is 0.883. The second kappa shape index (κ2) is 7.45. The molecule has 1 aliphatic heterocycles. The number of likely N-dealkylation sites (tertiary alicyclic amines) is 1. The van der Waals surface area contributed by atoms with Crippen LogP contribution in [-0.4, -0.2) is 35.0 Å². The Bertz CT molecular complexity index is 1020. The van der Waals surface area contributed by atoms with Crippen molar-refractivity contribution in [3.05, 3.63) is 75.5 Å². The first-order valence-corrected chi connectivity index (χ1v) is 9.26. The second-order valence-electron chi connectivity index (χ2n) is 6.74. The highest BCUT2D eigenvalue weighted by atomic mass is 35.5. The Morgan fingerprint density at radius 1 is 1.11 bits per heavy atom. The predicted octanol–water partition coefficient (Wildman–Crippen LogP) is 3.40. The van der Waals surface area contributed by atoms with Gasteiger partial charge in [0.2, 0.25) is 11.5 Å². The van der Waals surface area contributed by atoms with Gasteiger partial charge in [0.25, 0.3) is 0 Å². The van der Waals surface area contributed by atoms with E-state index in [9.17, 15) is 9.59 Å². The number of aromatic amines is 1. The number of amides is 1. The van der Waals surface area contributed by atoms with Crippen molar-refractivity contribution >= 4 is 28.4 Å². The van der Waals surface area contributed by atoms with E-state index in [-0.39, 0.29) is 17.6 Å². The Balaban J connectivity index is 1.27. The lowest BCUT2D eigenvalue weighted by Gasteiger charge is -2.39. The fourth-order valence-electron chi connectivity index (χ4n) is 3.17. The van der Waals surface area contributed by atoms with Gasteiger partial charge in [-0.1, -0.05) is 23.7 Å². The molecule has 0 saturated carbocycles. The molecule has 1 aromatic heterocycles. The molecule has 1 fully saturated rings. The molecule has 1 saturated heterocycles. The van der Waals surface area contributed by atoms with Crippen molar-refractivity contribution in [3.8, 4) is 5.75 Å². The largest absolute Gasteiger partial charge is 0.487 e. The van der Waals surface area contributed by atoms with E-state index < -0.39 is 0 Å². The number of rotatable bonds is 5. The van der Waals surface area contributed by atoms with Crippen molar-refractivity contribution in [1.82, 2.24) is 9.88 Å². The molecule has 138 valence electrons. The average molecular weight is 383 g/mol. The minimum absolute atomic E-state index is 0.00435. The van der Waals surface area contributed by atoms with Gasteiger partial charge < -0.3 is 14.6 Å². The van der Waals surface area contributed by atoms with Crippen molar-refractivity contribution in [1.29, 1.82) is 0 Å². The van der Waals surface area contributed by atoms with Crippen LogP contribution in [0.5, 0.6) is 5.75 Å². The van der Waals surface area contributed by atoms with Gasteiger partial charge in [-0.25, -0.2) is 0 Å². The lowest BCUT2D eigenvalue weighted by atomic mass is 10.1. The lowest BCUT2D eigenvalue weighted by Crippen LogP contribution is -2.56. The molecule has 1 aliphatic rings. The first-order chi connectivity index (χ1) is 13.1. The molecule has 4 rings (SSSR count). The minimum Gasteiger partial charge on any atom is -0.487 e. The van der Waals surface area contributed by atoms with E-state index >= 15 is 0 Å².